The minimum Gasteiger partial charge on any atom is -0.448 e. The maximum Gasteiger partial charge on any atom is 0.410 e. The molecule has 2 unspecified atom stereocenters. The van der Waals surface area contributed by atoms with Crippen LogP contribution in [0.15, 0.2) is 72.8 Å². The fourth-order valence-corrected chi connectivity index (χ4v) is 7.09. The molecule has 2 aliphatic heterocycles. The van der Waals surface area contributed by atoms with E-state index in [1.807, 2.05) is 41.3 Å². The number of piperidine rings is 2. The van der Waals surface area contributed by atoms with Gasteiger partial charge in [-0.2, -0.15) is 0 Å². The molecule has 2 fully saturated rings. The fraction of sp³-hybridized carbons (Fsp3) is 0.406. The summed E-state index contributed by atoms with van der Waals surface area (Å²) < 4.78 is 17.1. The molecule has 3 aliphatic rings. The Kier molecular flexibility index (Phi) is 6.72. The van der Waals surface area contributed by atoms with Gasteiger partial charge in [0.1, 0.15) is 6.61 Å². The van der Waals surface area contributed by atoms with Crippen LogP contribution in [0, 0.1) is 0 Å². The zero-order chi connectivity index (χ0) is 26.3. The number of nitrogens with zero attached hydrogens (tertiary/aromatic N) is 1. The van der Waals surface area contributed by atoms with Crippen LogP contribution in [0.5, 0.6) is 0 Å². The van der Waals surface area contributed by atoms with Crippen molar-refractivity contribution in [3.05, 3.63) is 95.1 Å². The maximum absolute atomic E-state index is 13.6. The highest BCUT2D eigenvalue weighted by atomic mass is 16.7. The number of benzene rings is 3. The molecule has 6 rings (SSSR count). The number of hydrogen-bond acceptors (Lipinski definition) is 5. The van der Waals surface area contributed by atoms with Gasteiger partial charge < -0.3 is 24.2 Å². The van der Waals surface area contributed by atoms with Crippen LogP contribution in [0.3, 0.4) is 0 Å². The third-order valence-electron chi connectivity index (χ3n) is 8.70. The Morgan fingerprint density at radius 1 is 0.895 bits per heavy atom. The van der Waals surface area contributed by atoms with Crippen molar-refractivity contribution >= 4 is 6.09 Å². The Balaban J connectivity index is 1.21. The first-order valence-corrected chi connectivity index (χ1v) is 13.5. The average molecular weight is 514 g/mol. The second-order valence-corrected chi connectivity index (χ2v) is 10.8. The molecule has 198 valence electrons. The van der Waals surface area contributed by atoms with Crippen molar-refractivity contribution in [2.75, 3.05) is 20.8 Å². The Labute approximate surface area is 224 Å². The molecule has 2 atom stereocenters. The highest BCUT2D eigenvalue weighted by molar-refractivity contribution is 5.79. The number of rotatable bonds is 6. The molecule has 1 N–H and O–H groups in total. The van der Waals surface area contributed by atoms with Gasteiger partial charge in [-0.25, -0.2) is 4.79 Å². The van der Waals surface area contributed by atoms with Crippen LogP contribution >= 0.6 is 0 Å². The smallest absolute Gasteiger partial charge is 0.410 e. The second-order valence-electron chi connectivity index (χ2n) is 10.8. The summed E-state index contributed by atoms with van der Waals surface area (Å²) in [6, 6.07) is 24.4. The molecule has 0 radical (unpaired) electrons. The summed E-state index contributed by atoms with van der Waals surface area (Å²) in [6.45, 7) is 0.305. The predicted molar refractivity (Wildman–Crippen MR) is 145 cm³/mol. The normalized spacial score (nSPS) is 24.3. The van der Waals surface area contributed by atoms with Gasteiger partial charge in [-0.3, -0.25) is 0 Å². The molecule has 6 heteroatoms. The van der Waals surface area contributed by atoms with E-state index in [4.69, 9.17) is 14.2 Å². The van der Waals surface area contributed by atoms with Crippen LogP contribution < -0.4 is 0 Å². The zero-order valence-corrected chi connectivity index (χ0v) is 22.0. The van der Waals surface area contributed by atoms with E-state index in [2.05, 4.69) is 36.4 Å². The summed E-state index contributed by atoms with van der Waals surface area (Å²) in [5.41, 5.74) is 5.42. The van der Waals surface area contributed by atoms with E-state index < -0.39 is 11.9 Å². The molecule has 3 aromatic rings. The number of ether oxygens (including phenoxy) is 3. The molecule has 0 aromatic heterocycles. The van der Waals surface area contributed by atoms with Crippen molar-refractivity contribution < 1.29 is 24.1 Å². The van der Waals surface area contributed by atoms with Crippen molar-refractivity contribution in [3.63, 3.8) is 0 Å². The summed E-state index contributed by atoms with van der Waals surface area (Å²) in [5, 5.41) is 12.0. The van der Waals surface area contributed by atoms with Gasteiger partial charge in [0, 0.05) is 50.6 Å². The Morgan fingerprint density at radius 3 is 2.05 bits per heavy atom. The molecule has 3 aromatic carbocycles. The van der Waals surface area contributed by atoms with Gasteiger partial charge in [0.15, 0.2) is 6.29 Å². The van der Waals surface area contributed by atoms with E-state index in [1.54, 1.807) is 14.2 Å². The quantitative estimate of drug-likeness (QED) is 0.402. The van der Waals surface area contributed by atoms with Crippen molar-refractivity contribution in [2.45, 2.75) is 62.0 Å². The van der Waals surface area contributed by atoms with Crippen LogP contribution in [-0.2, 0) is 19.8 Å². The lowest BCUT2D eigenvalue weighted by Crippen LogP contribution is -2.59. The number of carbonyl (C=O) groups excluding carboxylic acids is 1. The first kappa shape index (κ1) is 25.1. The SMILES string of the molecule is COC(OC)c1ccccc1C1(O)CC2CCCC(C1)N2C(=O)OCC1c2ccccc2-c2ccccc21. The highest BCUT2D eigenvalue weighted by Gasteiger charge is 2.49. The van der Waals surface area contributed by atoms with E-state index in [9.17, 15) is 9.90 Å². The molecule has 0 spiro atoms. The van der Waals surface area contributed by atoms with Crippen LogP contribution in [0.4, 0.5) is 4.79 Å². The summed E-state index contributed by atoms with van der Waals surface area (Å²) in [7, 11) is 3.20. The Morgan fingerprint density at radius 2 is 1.45 bits per heavy atom. The van der Waals surface area contributed by atoms with E-state index in [0.717, 1.165) is 30.4 Å². The van der Waals surface area contributed by atoms with Gasteiger partial charge in [-0.05, 0) is 47.1 Å². The Hall–Kier alpha value is -3.19. The van der Waals surface area contributed by atoms with Crippen molar-refractivity contribution in [1.82, 2.24) is 4.90 Å². The van der Waals surface area contributed by atoms with E-state index >= 15 is 0 Å². The minimum absolute atomic E-state index is 0.0276. The molecular weight excluding hydrogens is 478 g/mol. The number of amides is 1. The lowest BCUT2D eigenvalue weighted by molar-refractivity contribution is -0.116. The molecule has 1 aliphatic carbocycles. The van der Waals surface area contributed by atoms with E-state index in [0.29, 0.717) is 19.4 Å². The maximum atomic E-state index is 13.6. The van der Waals surface area contributed by atoms with Gasteiger partial charge in [-0.1, -0.05) is 72.8 Å². The highest BCUT2D eigenvalue weighted by Crippen LogP contribution is 2.47. The first-order chi connectivity index (χ1) is 18.5. The van der Waals surface area contributed by atoms with Crippen molar-refractivity contribution in [3.8, 4) is 11.1 Å². The number of aliphatic hydroxyl groups is 1. The summed E-state index contributed by atoms with van der Waals surface area (Å²) in [4.78, 5) is 15.5. The predicted octanol–water partition coefficient (Wildman–Crippen LogP) is 6.13. The van der Waals surface area contributed by atoms with Gasteiger partial charge in [-0.15, -0.1) is 0 Å². The van der Waals surface area contributed by atoms with Crippen LogP contribution in [-0.4, -0.2) is 49.0 Å². The topological polar surface area (TPSA) is 68.2 Å². The van der Waals surface area contributed by atoms with Crippen LogP contribution in [0.1, 0.15) is 66.6 Å². The summed E-state index contributed by atoms with van der Waals surface area (Å²) >= 11 is 0. The lowest BCUT2D eigenvalue weighted by atomic mass is 9.71. The monoisotopic (exact) mass is 513 g/mol. The fourth-order valence-electron chi connectivity index (χ4n) is 7.09. The molecule has 2 bridgehead atoms. The molecule has 1 amide bonds. The summed E-state index contributed by atoms with van der Waals surface area (Å²) in [6.07, 6.45) is 2.83. The molecular formula is C32H35NO5. The number of fused-ring (bicyclic) bond motifs is 5. The van der Waals surface area contributed by atoms with Gasteiger partial charge in [0.25, 0.3) is 0 Å². The number of methoxy groups -OCH3 is 2. The third-order valence-corrected chi connectivity index (χ3v) is 8.70. The Bertz CT molecular complexity index is 1260. The largest absolute Gasteiger partial charge is 0.448 e. The van der Waals surface area contributed by atoms with Crippen molar-refractivity contribution in [1.29, 1.82) is 0 Å². The lowest BCUT2D eigenvalue weighted by Gasteiger charge is -2.51. The molecule has 2 heterocycles. The van der Waals surface area contributed by atoms with Crippen LogP contribution in [0.2, 0.25) is 0 Å². The molecule has 2 saturated heterocycles. The summed E-state index contributed by atoms with van der Waals surface area (Å²) in [5.74, 6) is 0.0276. The van der Waals surface area contributed by atoms with Gasteiger partial charge >= 0.3 is 6.09 Å². The standard InChI is InChI=1S/C32H35NO5/c1-36-30(37-2)27-16-7-8-17-29(27)32(35)18-21-10-9-11-22(19-32)33(21)31(34)38-20-28-25-14-5-3-12-23(25)24-13-4-6-15-26(24)28/h3-8,12-17,21-22,28,30,35H,9-11,18-20H2,1-2H3. The third kappa shape index (κ3) is 4.21. The van der Waals surface area contributed by atoms with E-state index in [1.165, 1.54) is 22.3 Å². The van der Waals surface area contributed by atoms with E-state index in [-0.39, 0.29) is 24.1 Å². The molecule has 0 saturated carbocycles. The average Bonchev–Trinajstić information content (AvgIpc) is 3.26. The van der Waals surface area contributed by atoms with Gasteiger partial charge in [0.05, 0.1) is 5.60 Å². The number of carbonyl (C=O) groups is 1. The molecule has 38 heavy (non-hydrogen) atoms. The van der Waals surface area contributed by atoms with Crippen LogP contribution in [0.25, 0.3) is 11.1 Å². The van der Waals surface area contributed by atoms with Gasteiger partial charge in [0.2, 0.25) is 0 Å². The molecule has 6 nitrogen and oxygen atoms in total. The number of hydrogen-bond donors (Lipinski definition) is 1. The second kappa shape index (κ2) is 10.2. The zero-order valence-electron chi connectivity index (χ0n) is 22.0. The minimum atomic E-state index is -1.07. The van der Waals surface area contributed by atoms with Crippen molar-refractivity contribution in [2.24, 2.45) is 0 Å². The first-order valence-electron chi connectivity index (χ1n) is 13.5.